The van der Waals surface area contributed by atoms with Gasteiger partial charge in [0.15, 0.2) is 11.5 Å². The molecule has 1 N–H and O–H groups in total. The Kier molecular flexibility index (Phi) is 9.00. The summed E-state index contributed by atoms with van der Waals surface area (Å²) in [5.74, 6) is 0.533. The van der Waals surface area contributed by atoms with E-state index in [1.165, 1.54) is 18.3 Å². The number of amides is 1. The molecule has 0 saturated carbocycles. The number of nitro groups is 1. The summed E-state index contributed by atoms with van der Waals surface area (Å²) in [6.45, 7) is 2.53. The number of carbonyl (C=O) groups excluding carboxylic acids is 1. The van der Waals surface area contributed by atoms with Gasteiger partial charge in [-0.1, -0.05) is 48.0 Å². The van der Waals surface area contributed by atoms with E-state index < -0.39 is 10.8 Å². The zero-order valence-electron chi connectivity index (χ0n) is 18.2. The lowest BCUT2D eigenvalue weighted by molar-refractivity contribution is -0.385. The molecule has 0 aliphatic heterocycles. The van der Waals surface area contributed by atoms with Gasteiger partial charge in [0.1, 0.15) is 6.61 Å². The molecule has 0 fully saturated rings. The zero-order chi connectivity index (χ0) is 24.5. The lowest BCUT2D eigenvalue weighted by Crippen LogP contribution is -2.20. The van der Waals surface area contributed by atoms with Gasteiger partial charge in [-0.05, 0) is 46.6 Å². The fourth-order valence-electron chi connectivity index (χ4n) is 3.06. The smallest absolute Gasteiger partial charge is 0.273 e. The average Bonchev–Trinajstić information content (AvgIpc) is 2.80. The van der Waals surface area contributed by atoms with Gasteiger partial charge in [-0.2, -0.15) is 5.10 Å². The number of hydrogen-bond donors (Lipinski definition) is 1. The standard InChI is InChI=1S/C24H21BrClN3O5/c1-2-33-22-12-16(11-19(25)24(22)34-15-18-8-3-5-9-20(18)26)14-27-28-23(30)13-17-7-4-6-10-21(17)29(31)32/h3-12,14H,2,13,15H2,1H3,(H,28,30)/b27-14+. The molecule has 3 aromatic rings. The first-order chi connectivity index (χ1) is 16.4. The number of hydrogen-bond acceptors (Lipinski definition) is 6. The van der Waals surface area contributed by atoms with Gasteiger partial charge in [0, 0.05) is 22.2 Å². The summed E-state index contributed by atoms with van der Waals surface area (Å²) in [6.07, 6.45) is 1.28. The minimum Gasteiger partial charge on any atom is -0.490 e. The van der Waals surface area contributed by atoms with E-state index in [2.05, 4.69) is 26.5 Å². The number of benzene rings is 3. The van der Waals surface area contributed by atoms with E-state index in [-0.39, 0.29) is 18.7 Å². The highest BCUT2D eigenvalue weighted by atomic mass is 79.9. The molecule has 0 aliphatic rings. The molecule has 10 heteroatoms. The molecule has 0 heterocycles. The SMILES string of the molecule is CCOc1cc(/C=N/NC(=O)Cc2ccccc2[N+](=O)[O-])cc(Br)c1OCc1ccccc1Cl. The van der Waals surface area contributed by atoms with Crippen molar-refractivity contribution in [1.82, 2.24) is 5.43 Å². The highest BCUT2D eigenvalue weighted by molar-refractivity contribution is 9.10. The van der Waals surface area contributed by atoms with Crippen molar-refractivity contribution in [1.29, 1.82) is 0 Å². The average molecular weight is 547 g/mol. The number of para-hydroxylation sites is 1. The molecule has 0 atom stereocenters. The summed E-state index contributed by atoms with van der Waals surface area (Å²) in [6, 6.07) is 17.0. The molecule has 34 heavy (non-hydrogen) atoms. The Hall–Kier alpha value is -3.43. The molecule has 0 saturated heterocycles. The van der Waals surface area contributed by atoms with Crippen LogP contribution in [0.2, 0.25) is 5.02 Å². The lowest BCUT2D eigenvalue weighted by atomic mass is 10.1. The summed E-state index contributed by atoms with van der Waals surface area (Å²) < 4.78 is 12.3. The van der Waals surface area contributed by atoms with E-state index in [0.717, 1.165) is 5.56 Å². The topological polar surface area (TPSA) is 103 Å². The van der Waals surface area contributed by atoms with Crippen molar-refractivity contribution in [2.75, 3.05) is 6.61 Å². The second-order valence-corrected chi connectivity index (χ2v) is 8.26. The van der Waals surface area contributed by atoms with Crippen LogP contribution in [0.15, 0.2) is 70.2 Å². The van der Waals surface area contributed by atoms with E-state index in [1.54, 1.807) is 30.3 Å². The van der Waals surface area contributed by atoms with Crippen LogP contribution in [0.25, 0.3) is 0 Å². The highest BCUT2D eigenvalue weighted by Crippen LogP contribution is 2.37. The minimum atomic E-state index is -0.520. The third-order valence-corrected chi connectivity index (χ3v) is 5.56. The Balaban J connectivity index is 1.69. The zero-order valence-corrected chi connectivity index (χ0v) is 20.5. The van der Waals surface area contributed by atoms with Crippen LogP contribution in [-0.2, 0) is 17.8 Å². The molecule has 176 valence electrons. The second kappa shape index (κ2) is 12.2. The lowest BCUT2D eigenvalue weighted by Gasteiger charge is -2.15. The van der Waals surface area contributed by atoms with Crippen LogP contribution >= 0.6 is 27.5 Å². The van der Waals surface area contributed by atoms with Crippen molar-refractivity contribution in [3.05, 3.63) is 97.0 Å². The molecule has 1 amide bonds. The highest BCUT2D eigenvalue weighted by Gasteiger charge is 2.16. The van der Waals surface area contributed by atoms with Crippen LogP contribution in [0, 0.1) is 10.1 Å². The van der Waals surface area contributed by atoms with E-state index in [9.17, 15) is 14.9 Å². The van der Waals surface area contributed by atoms with Crippen molar-refractivity contribution >= 4 is 45.3 Å². The largest absolute Gasteiger partial charge is 0.490 e. The monoisotopic (exact) mass is 545 g/mol. The molecule has 8 nitrogen and oxygen atoms in total. The van der Waals surface area contributed by atoms with Crippen LogP contribution in [0.4, 0.5) is 5.69 Å². The van der Waals surface area contributed by atoms with Gasteiger partial charge in [-0.15, -0.1) is 0 Å². The number of halogens is 2. The first kappa shape index (κ1) is 25.2. The summed E-state index contributed by atoms with van der Waals surface area (Å²) in [5, 5.41) is 15.7. The van der Waals surface area contributed by atoms with Gasteiger partial charge in [0.25, 0.3) is 5.69 Å². The van der Waals surface area contributed by atoms with Crippen LogP contribution in [-0.4, -0.2) is 23.7 Å². The predicted octanol–water partition coefficient (Wildman–Crippen LogP) is 5.68. The van der Waals surface area contributed by atoms with Crippen LogP contribution in [0.3, 0.4) is 0 Å². The normalized spacial score (nSPS) is 10.8. The predicted molar refractivity (Wildman–Crippen MR) is 134 cm³/mol. The molecule has 0 radical (unpaired) electrons. The number of rotatable bonds is 10. The quantitative estimate of drug-likeness (QED) is 0.200. The van der Waals surface area contributed by atoms with Gasteiger partial charge in [0.2, 0.25) is 5.91 Å². The van der Waals surface area contributed by atoms with Gasteiger partial charge < -0.3 is 9.47 Å². The summed E-state index contributed by atoms with van der Waals surface area (Å²) >= 11 is 9.70. The van der Waals surface area contributed by atoms with Gasteiger partial charge in [-0.25, -0.2) is 5.43 Å². The molecular formula is C24H21BrClN3O5. The molecule has 0 bridgehead atoms. The fraction of sp³-hybridized carbons (Fsp3) is 0.167. The Morgan fingerprint density at radius 2 is 1.85 bits per heavy atom. The van der Waals surface area contributed by atoms with Gasteiger partial charge in [0.05, 0.1) is 28.6 Å². The van der Waals surface area contributed by atoms with Crippen molar-refractivity contribution in [2.24, 2.45) is 5.10 Å². The van der Waals surface area contributed by atoms with E-state index in [4.69, 9.17) is 21.1 Å². The molecule has 0 aromatic heterocycles. The van der Waals surface area contributed by atoms with Crippen molar-refractivity contribution in [3.8, 4) is 11.5 Å². The Morgan fingerprint density at radius 1 is 1.15 bits per heavy atom. The molecule has 3 rings (SSSR count). The Labute approximate surface area is 209 Å². The Morgan fingerprint density at radius 3 is 2.56 bits per heavy atom. The molecule has 0 unspecified atom stereocenters. The summed E-state index contributed by atoms with van der Waals surface area (Å²) in [5.41, 5.74) is 4.07. The van der Waals surface area contributed by atoms with E-state index in [1.807, 2.05) is 25.1 Å². The maximum atomic E-state index is 12.2. The third-order valence-electron chi connectivity index (χ3n) is 4.60. The third kappa shape index (κ3) is 6.79. The maximum Gasteiger partial charge on any atom is 0.273 e. The molecule has 0 aliphatic carbocycles. The van der Waals surface area contributed by atoms with Crippen LogP contribution in [0.1, 0.15) is 23.6 Å². The summed E-state index contributed by atoms with van der Waals surface area (Å²) in [4.78, 5) is 22.8. The van der Waals surface area contributed by atoms with E-state index >= 15 is 0 Å². The van der Waals surface area contributed by atoms with Gasteiger partial charge in [-0.3, -0.25) is 14.9 Å². The number of hydrazone groups is 1. The second-order valence-electron chi connectivity index (χ2n) is 7.00. The molecule has 3 aromatic carbocycles. The maximum absolute atomic E-state index is 12.2. The van der Waals surface area contributed by atoms with Crippen molar-refractivity contribution in [3.63, 3.8) is 0 Å². The van der Waals surface area contributed by atoms with Crippen LogP contribution < -0.4 is 14.9 Å². The first-order valence-electron chi connectivity index (χ1n) is 10.3. The molecule has 0 spiro atoms. The number of nitrogens with one attached hydrogen (secondary N) is 1. The first-order valence-corrected chi connectivity index (χ1v) is 11.4. The van der Waals surface area contributed by atoms with Crippen LogP contribution in [0.5, 0.6) is 11.5 Å². The van der Waals surface area contributed by atoms with Gasteiger partial charge >= 0.3 is 0 Å². The number of ether oxygens (including phenoxy) is 2. The number of nitrogens with zero attached hydrogens (tertiary/aromatic N) is 2. The van der Waals surface area contributed by atoms with Crippen molar-refractivity contribution < 1.29 is 19.2 Å². The number of carbonyl (C=O) groups is 1. The van der Waals surface area contributed by atoms with E-state index in [0.29, 0.717) is 38.7 Å². The molecular weight excluding hydrogens is 526 g/mol. The summed E-state index contributed by atoms with van der Waals surface area (Å²) in [7, 11) is 0. The van der Waals surface area contributed by atoms with Crippen molar-refractivity contribution in [2.45, 2.75) is 20.0 Å². The fourth-order valence-corrected chi connectivity index (χ4v) is 3.83. The minimum absolute atomic E-state index is 0.112. The Bertz CT molecular complexity index is 1220. The number of nitro benzene ring substituents is 1.